The number of benzene rings is 3. The second-order valence-electron chi connectivity index (χ2n) is 10.9. The number of fused-ring (bicyclic) bond motifs is 1. The Balaban J connectivity index is 1.30. The molecule has 2 aromatic heterocycles. The first-order chi connectivity index (χ1) is 21.3. The summed E-state index contributed by atoms with van der Waals surface area (Å²) in [5, 5.41) is 8.18. The highest BCUT2D eigenvalue weighted by Crippen LogP contribution is 2.38. The number of sulfone groups is 1. The molecule has 3 aromatic carbocycles. The van der Waals surface area contributed by atoms with Gasteiger partial charge in [-0.3, -0.25) is 0 Å². The summed E-state index contributed by atoms with van der Waals surface area (Å²) in [4.78, 5) is 13.7. The number of nitrogens with zero attached hydrogens (tertiary/aromatic N) is 3. The van der Waals surface area contributed by atoms with E-state index in [1.54, 1.807) is 30.6 Å². The maximum atomic E-state index is 14.2. The molecule has 8 nitrogen and oxygen atoms in total. The molecule has 5 aromatic rings. The van der Waals surface area contributed by atoms with Crippen LogP contribution in [0.2, 0.25) is 0 Å². The van der Waals surface area contributed by atoms with Gasteiger partial charge in [-0.2, -0.15) is 0 Å². The van der Waals surface area contributed by atoms with Crippen LogP contribution in [0.1, 0.15) is 29.5 Å². The molecule has 0 amide bonds. The number of anilines is 1. The summed E-state index contributed by atoms with van der Waals surface area (Å²) in [5.74, 6) is -1.12. The third-order valence-corrected chi connectivity index (χ3v) is 9.10. The number of ether oxygens (including phenoxy) is 1. The molecule has 226 valence electrons. The summed E-state index contributed by atoms with van der Waals surface area (Å²) < 4.78 is 60.3. The molecule has 0 saturated carbocycles. The van der Waals surface area contributed by atoms with Gasteiger partial charge in [0.05, 0.1) is 22.8 Å². The lowest BCUT2D eigenvalue weighted by molar-refractivity contribution is 0.466. The summed E-state index contributed by atoms with van der Waals surface area (Å²) in [7, 11) is -3.79. The smallest absolute Gasteiger partial charge is 0.228 e. The Hall–Kier alpha value is -4.48. The van der Waals surface area contributed by atoms with Crippen LogP contribution in [0.25, 0.3) is 22.0 Å². The number of aryl methyl sites for hydroxylation is 1. The van der Waals surface area contributed by atoms with E-state index in [1.807, 2.05) is 37.3 Å². The van der Waals surface area contributed by atoms with Crippen LogP contribution >= 0.6 is 0 Å². The second kappa shape index (κ2) is 12.6. The summed E-state index contributed by atoms with van der Waals surface area (Å²) in [5.41, 5.74) is 2.62. The molecule has 0 spiro atoms. The molecule has 6 rings (SSSR count). The first-order valence-corrected chi connectivity index (χ1v) is 16.2. The normalized spacial score (nSPS) is 15.3. The summed E-state index contributed by atoms with van der Waals surface area (Å²) in [6.45, 7) is 3.76. The van der Waals surface area contributed by atoms with Crippen molar-refractivity contribution in [3.8, 4) is 22.9 Å². The van der Waals surface area contributed by atoms with E-state index < -0.39 is 27.2 Å². The van der Waals surface area contributed by atoms with Gasteiger partial charge in [0.25, 0.3) is 0 Å². The molecule has 3 heterocycles. The van der Waals surface area contributed by atoms with Gasteiger partial charge in [0.2, 0.25) is 11.8 Å². The quantitative estimate of drug-likeness (QED) is 0.198. The third-order valence-electron chi connectivity index (χ3n) is 7.60. The SMILES string of the molecule is Cc1ccc2c(CS(=O)(=O)Cc3ccc(F)cc3F)cccc2c1Oc1ncccc1-c1ccnc(N[C@H]2CCCNC2)n1. The molecule has 0 aliphatic carbocycles. The van der Waals surface area contributed by atoms with Crippen molar-refractivity contribution in [2.24, 2.45) is 0 Å². The molecule has 0 unspecified atom stereocenters. The lowest BCUT2D eigenvalue weighted by atomic mass is 10.0. The van der Waals surface area contributed by atoms with Gasteiger partial charge in [-0.25, -0.2) is 32.2 Å². The van der Waals surface area contributed by atoms with Gasteiger partial charge >= 0.3 is 0 Å². The van der Waals surface area contributed by atoms with Gasteiger partial charge in [0.15, 0.2) is 9.84 Å². The average molecular weight is 616 g/mol. The van der Waals surface area contributed by atoms with E-state index in [0.29, 0.717) is 51.2 Å². The number of aromatic nitrogens is 3. The molecule has 0 bridgehead atoms. The molecule has 1 fully saturated rings. The minimum Gasteiger partial charge on any atom is -0.437 e. The van der Waals surface area contributed by atoms with Gasteiger partial charge in [-0.05, 0) is 67.1 Å². The van der Waals surface area contributed by atoms with Crippen molar-refractivity contribution in [2.75, 3.05) is 18.4 Å². The van der Waals surface area contributed by atoms with Crippen LogP contribution in [0.4, 0.5) is 14.7 Å². The molecule has 1 atom stereocenters. The van der Waals surface area contributed by atoms with Gasteiger partial charge in [-0.1, -0.05) is 36.4 Å². The van der Waals surface area contributed by atoms with E-state index in [4.69, 9.17) is 9.72 Å². The number of hydrogen-bond acceptors (Lipinski definition) is 8. The van der Waals surface area contributed by atoms with Crippen molar-refractivity contribution in [2.45, 2.75) is 37.3 Å². The van der Waals surface area contributed by atoms with E-state index in [2.05, 4.69) is 20.6 Å². The Bertz CT molecular complexity index is 1930. The summed E-state index contributed by atoms with van der Waals surface area (Å²) in [6, 6.07) is 17.7. The highest BCUT2D eigenvalue weighted by atomic mass is 32.2. The molecule has 1 aliphatic rings. The van der Waals surface area contributed by atoms with Crippen LogP contribution in [-0.2, 0) is 21.3 Å². The number of piperidine rings is 1. The van der Waals surface area contributed by atoms with Gasteiger partial charge in [-0.15, -0.1) is 0 Å². The first kappa shape index (κ1) is 29.6. The fourth-order valence-corrected chi connectivity index (χ4v) is 6.96. The molecular weight excluding hydrogens is 584 g/mol. The van der Waals surface area contributed by atoms with Gasteiger partial charge < -0.3 is 15.4 Å². The van der Waals surface area contributed by atoms with Crippen LogP contribution in [0.3, 0.4) is 0 Å². The van der Waals surface area contributed by atoms with Crippen LogP contribution in [0, 0.1) is 18.6 Å². The lowest BCUT2D eigenvalue weighted by Crippen LogP contribution is -2.38. The lowest BCUT2D eigenvalue weighted by Gasteiger charge is -2.23. The van der Waals surface area contributed by atoms with E-state index in [-0.39, 0.29) is 17.4 Å². The van der Waals surface area contributed by atoms with Gasteiger partial charge in [0.1, 0.15) is 17.4 Å². The van der Waals surface area contributed by atoms with E-state index in [0.717, 1.165) is 43.6 Å². The van der Waals surface area contributed by atoms with Crippen molar-refractivity contribution in [1.29, 1.82) is 0 Å². The van der Waals surface area contributed by atoms with Crippen LogP contribution in [0.15, 0.2) is 79.1 Å². The minimum atomic E-state index is -3.79. The zero-order valence-electron chi connectivity index (χ0n) is 24.1. The van der Waals surface area contributed by atoms with E-state index in [1.165, 1.54) is 0 Å². The Labute approximate surface area is 254 Å². The molecular formula is C33H31F2N5O3S. The number of nitrogens with one attached hydrogen (secondary N) is 2. The first-order valence-electron chi connectivity index (χ1n) is 14.3. The topological polar surface area (TPSA) is 106 Å². The largest absolute Gasteiger partial charge is 0.437 e. The minimum absolute atomic E-state index is 0.0762. The molecule has 11 heteroatoms. The van der Waals surface area contributed by atoms with Crippen molar-refractivity contribution in [3.63, 3.8) is 0 Å². The monoisotopic (exact) mass is 615 g/mol. The van der Waals surface area contributed by atoms with E-state index >= 15 is 0 Å². The zero-order valence-corrected chi connectivity index (χ0v) is 24.9. The Morgan fingerprint density at radius 3 is 2.64 bits per heavy atom. The van der Waals surface area contributed by atoms with Crippen molar-refractivity contribution < 1.29 is 21.9 Å². The number of halogens is 2. The van der Waals surface area contributed by atoms with Gasteiger partial charge in [0, 0.05) is 42.0 Å². The predicted octanol–water partition coefficient (Wildman–Crippen LogP) is 6.35. The third kappa shape index (κ3) is 6.68. The highest BCUT2D eigenvalue weighted by molar-refractivity contribution is 7.89. The van der Waals surface area contributed by atoms with Crippen molar-refractivity contribution >= 4 is 26.6 Å². The number of hydrogen-bond donors (Lipinski definition) is 2. The maximum Gasteiger partial charge on any atom is 0.228 e. The van der Waals surface area contributed by atoms with Crippen molar-refractivity contribution in [1.82, 2.24) is 20.3 Å². The molecule has 1 saturated heterocycles. The Kier molecular flexibility index (Phi) is 8.49. The number of rotatable bonds is 9. The van der Waals surface area contributed by atoms with Crippen LogP contribution in [0.5, 0.6) is 11.6 Å². The van der Waals surface area contributed by atoms with Crippen molar-refractivity contribution in [3.05, 3.63) is 107 Å². The van der Waals surface area contributed by atoms with Crippen LogP contribution in [-0.4, -0.2) is 42.5 Å². The number of pyridine rings is 1. The Morgan fingerprint density at radius 1 is 0.955 bits per heavy atom. The maximum absolute atomic E-state index is 14.2. The fraction of sp³-hybridized carbons (Fsp3) is 0.242. The summed E-state index contributed by atoms with van der Waals surface area (Å²) >= 11 is 0. The predicted molar refractivity (Wildman–Crippen MR) is 166 cm³/mol. The summed E-state index contributed by atoms with van der Waals surface area (Å²) in [6.07, 6.45) is 5.46. The molecule has 1 aliphatic heterocycles. The average Bonchev–Trinajstić information content (AvgIpc) is 3.01. The molecule has 0 radical (unpaired) electrons. The Morgan fingerprint density at radius 2 is 1.82 bits per heavy atom. The van der Waals surface area contributed by atoms with E-state index in [9.17, 15) is 17.2 Å². The second-order valence-corrected chi connectivity index (χ2v) is 13.0. The molecule has 2 N–H and O–H groups in total. The zero-order chi connectivity index (χ0) is 30.7. The highest BCUT2D eigenvalue weighted by Gasteiger charge is 2.20. The standard InChI is InChI=1S/C33H31F2N5O3S/c1-21-9-12-26-22(19-44(41,42)20-23-10-11-24(34)17-29(23)35)5-2-7-27(26)31(21)43-32-28(8-4-15-37-32)30-13-16-38-33(40-30)39-25-6-3-14-36-18-25/h2,4-5,7-13,15-17,25,36H,3,6,14,18-20H2,1H3,(H,38,39,40)/t25-/m0/s1. The fourth-order valence-electron chi connectivity index (χ4n) is 5.43. The molecule has 44 heavy (non-hydrogen) atoms. The van der Waals surface area contributed by atoms with Crippen LogP contribution < -0.4 is 15.4 Å².